The van der Waals surface area contributed by atoms with E-state index in [2.05, 4.69) is 4.98 Å². The van der Waals surface area contributed by atoms with Crippen LogP contribution in [0.1, 0.15) is 16.8 Å². The molecular weight excluding hydrogens is 327 g/mol. The quantitative estimate of drug-likeness (QED) is 0.788. The summed E-state index contributed by atoms with van der Waals surface area (Å²) < 4.78 is 2.33. The summed E-state index contributed by atoms with van der Waals surface area (Å²) in [5, 5.41) is 0. The number of nitrogens with zero attached hydrogens (tertiary/aromatic N) is 2. The number of rotatable bonds is 2. The minimum Gasteiger partial charge on any atom is -0.294 e. The zero-order valence-corrected chi connectivity index (χ0v) is 11.9. The predicted molar refractivity (Wildman–Crippen MR) is 76.2 cm³/mol. The van der Waals surface area contributed by atoms with Gasteiger partial charge in [0.2, 0.25) is 0 Å². The number of aryl methyl sites for hydroxylation is 2. The third kappa shape index (κ3) is 2.74. The predicted octanol–water partition coefficient (Wildman–Crippen LogP) is 2.51. The van der Waals surface area contributed by atoms with E-state index < -0.39 is 0 Å². The maximum Gasteiger partial charge on any atom is 0.267 e. The molecule has 2 aromatic rings. The van der Waals surface area contributed by atoms with Gasteiger partial charge in [-0.3, -0.25) is 9.36 Å². The van der Waals surface area contributed by atoms with Crippen molar-refractivity contribution in [1.29, 1.82) is 0 Å². The first-order valence-electron chi connectivity index (χ1n) is 5.35. The van der Waals surface area contributed by atoms with Crippen LogP contribution >= 0.6 is 22.6 Å². The second-order valence-electron chi connectivity index (χ2n) is 4.06. The lowest BCUT2D eigenvalue weighted by Crippen LogP contribution is -2.24. The molecule has 0 N–H and O–H groups in total. The summed E-state index contributed by atoms with van der Waals surface area (Å²) in [7, 11) is 0. The zero-order chi connectivity index (χ0) is 12.4. The standard InChI is InChI=1S/C13H13IN2O/c1-9-3-5-11(6-4-9)7-16-8-15-10(2)12(14)13(16)17/h3-6,8H,7H2,1-2H3. The van der Waals surface area contributed by atoms with Crippen LogP contribution < -0.4 is 5.56 Å². The van der Waals surface area contributed by atoms with Gasteiger partial charge < -0.3 is 0 Å². The fraction of sp³-hybridized carbons (Fsp3) is 0.231. The number of benzene rings is 1. The Kier molecular flexibility index (Phi) is 3.61. The Hall–Kier alpha value is -1.17. The monoisotopic (exact) mass is 340 g/mol. The number of aromatic nitrogens is 2. The molecule has 4 heteroatoms. The highest BCUT2D eigenvalue weighted by molar-refractivity contribution is 14.1. The second-order valence-corrected chi connectivity index (χ2v) is 5.14. The highest BCUT2D eigenvalue weighted by Gasteiger charge is 2.05. The number of halogens is 1. The Morgan fingerprint density at radius 1 is 1.24 bits per heavy atom. The molecule has 1 aromatic carbocycles. The van der Waals surface area contributed by atoms with Gasteiger partial charge in [-0.25, -0.2) is 4.98 Å². The van der Waals surface area contributed by atoms with Gasteiger partial charge in [0.1, 0.15) is 0 Å². The fourth-order valence-electron chi connectivity index (χ4n) is 1.55. The van der Waals surface area contributed by atoms with Gasteiger partial charge in [0, 0.05) is 0 Å². The van der Waals surface area contributed by atoms with E-state index >= 15 is 0 Å². The largest absolute Gasteiger partial charge is 0.294 e. The van der Waals surface area contributed by atoms with Crippen molar-refractivity contribution in [3.8, 4) is 0 Å². The lowest BCUT2D eigenvalue weighted by atomic mass is 10.1. The van der Waals surface area contributed by atoms with Crippen LogP contribution in [0.3, 0.4) is 0 Å². The molecule has 0 saturated carbocycles. The van der Waals surface area contributed by atoms with Gasteiger partial charge >= 0.3 is 0 Å². The molecule has 17 heavy (non-hydrogen) atoms. The average Bonchev–Trinajstić information content (AvgIpc) is 2.33. The molecule has 0 radical (unpaired) electrons. The molecule has 0 saturated heterocycles. The average molecular weight is 340 g/mol. The molecule has 1 heterocycles. The van der Waals surface area contributed by atoms with Crippen LogP contribution in [0.2, 0.25) is 0 Å². The third-order valence-electron chi connectivity index (χ3n) is 2.63. The normalized spacial score (nSPS) is 10.5. The van der Waals surface area contributed by atoms with E-state index in [4.69, 9.17) is 0 Å². The van der Waals surface area contributed by atoms with Gasteiger partial charge in [-0.15, -0.1) is 0 Å². The molecule has 0 aliphatic heterocycles. The summed E-state index contributed by atoms with van der Waals surface area (Å²) in [6, 6.07) is 8.17. The smallest absolute Gasteiger partial charge is 0.267 e. The van der Waals surface area contributed by atoms with Gasteiger partial charge in [-0.1, -0.05) is 29.8 Å². The molecule has 0 spiro atoms. The van der Waals surface area contributed by atoms with Crippen LogP contribution in [0.25, 0.3) is 0 Å². The van der Waals surface area contributed by atoms with E-state index in [1.807, 2.05) is 60.7 Å². The highest BCUT2D eigenvalue weighted by Crippen LogP contribution is 2.06. The first kappa shape index (κ1) is 12.3. The van der Waals surface area contributed by atoms with Crippen LogP contribution in [-0.4, -0.2) is 9.55 Å². The van der Waals surface area contributed by atoms with Crippen LogP contribution in [0.4, 0.5) is 0 Å². The highest BCUT2D eigenvalue weighted by atomic mass is 127. The van der Waals surface area contributed by atoms with E-state index in [0.29, 0.717) is 10.1 Å². The zero-order valence-electron chi connectivity index (χ0n) is 9.77. The van der Waals surface area contributed by atoms with E-state index in [-0.39, 0.29) is 5.56 Å². The topological polar surface area (TPSA) is 34.9 Å². The molecule has 0 aliphatic rings. The molecule has 0 fully saturated rings. The molecule has 2 rings (SSSR count). The second kappa shape index (κ2) is 5.00. The van der Waals surface area contributed by atoms with E-state index in [0.717, 1.165) is 11.3 Å². The molecule has 0 amide bonds. The van der Waals surface area contributed by atoms with Crippen molar-refractivity contribution in [2.24, 2.45) is 0 Å². The third-order valence-corrected chi connectivity index (χ3v) is 3.87. The van der Waals surface area contributed by atoms with Gasteiger partial charge in [0.05, 0.1) is 22.1 Å². The minimum atomic E-state index is 0.0266. The Morgan fingerprint density at radius 2 is 1.88 bits per heavy atom. The van der Waals surface area contributed by atoms with Crippen LogP contribution in [0.15, 0.2) is 35.4 Å². The van der Waals surface area contributed by atoms with Crippen molar-refractivity contribution in [3.05, 3.63) is 61.3 Å². The summed E-state index contributed by atoms with van der Waals surface area (Å²) in [4.78, 5) is 16.2. The van der Waals surface area contributed by atoms with Gasteiger partial charge in [0.15, 0.2) is 0 Å². The Labute approximate surface area is 114 Å². The van der Waals surface area contributed by atoms with Crippen molar-refractivity contribution in [2.45, 2.75) is 20.4 Å². The van der Waals surface area contributed by atoms with E-state index in [1.165, 1.54) is 5.56 Å². The number of hydrogen-bond acceptors (Lipinski definition) is 2. The molecule has 0 aliphatic carbocycles. The maximum atomic E-state index is 12.0. The van der Waals surface area contributed by atoms with Crippen LogP contribution in [0.5, 0.6) is 0 Å². The molecule has 3 nitrogen and oxygen atoms in total. The summed E-state index contributed by atoms with van der Waals surface area (Å²) in [6.07, 6.45) is 1.61. The van der Waals surface area contributed by atoms with Crippen molar-refractivity contribution < 1.29 is 0 Å². The van der Waals surface area contributed by atoms with Crippen LogP contribution in [-0.2, 0) is 6.54 Å². The molecule has 1 aromatic heterocycles. The summed E-state index contributed by atoms with van der Waals surface area (Å²) in [5.74, 6) is 0. The van der Waals surface area contributed by atoms with Crippen molar-refractivity contribution in [3.63, 3.8) is 0 Å². The van der Waals surface area contributed by atoms with Crippen LogP contribution in [0, 0.1) is 17.4 Å². The van der Waals surface area contributed by atoms with Gasteiger partial charge in [0.25, 0.3) is 5.56 Å². The number of hydrogen-bond donors (Lipinski definition) is 0. The fourth-order valence-corrected chi connectivity index (χ4v) is 2.00. The van der Waals surface area contributed by atoms with Crippen molar-refractivity contribution in [1.82, 2.24) is 9.55 Å². The minimum absolute atomic E-state index is 0.0266. The summed E-state index contributed by atoms with van der Waals surface area (Å²) in [6.45, 7) is 4.47. The first-order chi connectivity index (χ1) is 8.08. The van der Waals surface area contributed by atoms with Crippen molar-refractivity contribution >= 4 is 22.6 Å². The molecular formula is C13H13IN2O. The lowest BCUT2D eigenvalue weighted by molar-refractivity contribution is 0.723. The van der Waals surface area contributed by atoms with E-state index in [9.17, 15) is 4.79 Å². The SMILES string of the molecule is Cc1ccc(Cn2cnc(C)c(I)c2=O)cc1. The van der Waals surface area contributed by atoms with Gasteiger partial charge in [-0.05, 0) is 42.0 Å². The Morgan fingerprint density at radius 3 is 2.53 bits per heavy atom. The van der Waals surface area contributed by atoms with E-state index in [1.54, 1.807) is 10.9 Å². The molecule has 0 unspecified atom stereocenters. The lowest BCUT2D eigenvalue weighted by Gasteiger charge is -2.07. The maximum absolute atomic E-state index is 12.0. The summed E-state index contributed by atoms with van der Waals surface area (Å²) in [5.41, 5.74) is 3.14. The first-order valence-corrected chi connectivity index (χ1v) is 6.43. The summed E-state index contributed by atoms with van der Waals surface area (Å²) >= 11 is 2.05. The molecule has 0 atom stereocenters. The molecule has 88 valence electrons. The Balaban J connectivity index is 2.34. The van der Waals surface area contributed by atoms with Crippen molar-refractivity contribution in [2.75, 3.05) is 0 Å². The molecule has 0 bridgehead atoms. The van der Waals surface area contributed by atoms with Gasteiger partial charge in [-0.2, -0.15) is 0 Å². The Bertz CT molecular complexity index is 587.